The van der Waals surface area contributed by atoms with Gasteiger partial charge < -0.3 is 5.32 Å². The molecule has 2 aromatic carbocycles. The molecule has 0 amide bonds. The van der Waals surface area contributed by atoms with Crippen molar-refractivity contribution in [1.82, 2.24) is 4.98 Å². The van der Waals surface area contributed by atoms with Crippen LogP contribution in [-0.2, 0) is 15.8 Å². The molecular weight excluding hydrogens is 394 g/mol. The summed E-state index contributed by atoms with van der Waals surface area (Å²) in [7, 11) is -3.47. The standard InChI is InChI=1S/C24H27N3O2S/c28-30(29,18-19-7-2-1-3-8-19)27-24-13-5-12-23(16-24)26-22-11-4-9-20(15-22)21-10-6-14-25-17-21/h1-3,5-8,10,12-14,16-17,20,22,26-27H,4,9,11,15,18H2. The number of benzene rings is 2. The minimum atomic E-state index is -3.47. The highest BCUT2D eigenvalue weighted by atomic mass is 32.2. The molecule has 5 nitrogen and oxygen atoms in total. The van der Waals surface area contributed by atoms with Gasteiger partial charge in [-0.25, -0.2) is 8.42 Å². The molecule has 1 heterocycles. The summed E-state index contributed by atoms with van der Waals surface area (Å²) in [5.41, 5.74) is 3.58. The largest absolute Gasteiger partial charge is 0.382 e. The van der Waals surface area contributed by atoms with Gasteiger partial charge in [0.25, 0.3) is 0 Å². The Hall–Kier alpha value is -2.86. The Balaban J connectivity index is 1.39. The van der Waals surface area contributed by atoms with E-state index in [2.05, 4.69) is 21.1 Å². The molecule has 1 aliphatic rings. The molecule has 1 aromatic heterocycles. The molecule has 1 saturated carbocycles. The van der Waals surface area contributed by atoms with E-state index in [1.54, 1.807) is 6.07 Å². The van der Waals surface area contributed by atoms with Crippen LogP contribution >= 0.6 is 0 Å². The third-order valence-electron chi connectivity index (χ3n) is 5.54. The Kier molecular flexibility index (Phi) is 6.33. The van der Waals surface area contributed by atoms with Crippen molar-refractivity contribution in [1.29, 1.82) is 0 Å². The lowest BCUT2D eigenvalue weighted by molar-refractivity contribution is 0.410. The number of anilines is 2. The third-order valence-corrected chi connectivity index (χ3v) is 6.80. The minimum absolute atomic E-state index is 0.0408. The van der Waals surface area contributed by atoms with Crippen LogP contribution in [0.3, 0.4) is 0 Å². The molecule has 6 heteroatoms. The zero-order valence-electron chi connectivity index (χ0n) is 16.9. The van der Waals surface area contributed by atoms with Crippen molar-refractivity contribution in [3.8, 4) is 0 Å². The molecule has 0 saturated heterocycles. The second kappa shape index (κ2) is 9.30. The van der Waals surface area contributed by atoms with E-state index >= 15 is 0 Å². The summed E-state index contributed by atoms with van der Waals surface area (Å²) in [6.45, 7) is 0. The Bertz CT molecular complexity index is 1060. The fraction of sp³-hybridized carbons (Fsp3) is 0.292. The van der Waals surface area contributed by atoms with Gasteiger partial charge in [0.2, 0.25) is 10.0 Å². The molecule has 3 aromatic rings. The van der Waals surface area contributed by atoms with Crippen molar-refractivity contribution in [3.05, 3.63) is 90.3 Å². The number of hydrogen-bond donors (Lipinski definition) is 2. The summed E-state index contributed by atoms with van der Waals surface area (Å²) in [6, 6.07) is 21.2. The molecular formula is C24H27N3O2S. The first kappa shape index (κ1) is 20.4. The second-order valence-corrected chi connectivity index (χ2v) is 9.64. The fourth-order valence-electron chi connectivity index (χ4n) is 4.16. The minimum Gasteiger partial charge on any atom is -0.382 e. The van der Waals surface area contributed by atoms with Gasteiger partial charge in [-0.3, -0.25) is 9.71 Å². The molecule has 1 aliphatic carbocycles. The molecule has 2 N–H and O–H groups in total. The van der Waals surface area contributed by atoms with Crippen LogP contribution in [0.1, 0.15) is 42.7 Å². The maximum Gasteiger partial charge on any atom is 0.236 e. The zero-order chi connectivity index (χ0) is 20.8. The maximum absolute atomic E-state index is 12.5. The van der Waals surface area contributed by atoms with Crippen molar-refractivity contribution in [2.45, 2.75) is 43.4 Å². The van der Waals surface area contributed by atoms with E-state index in [4.69, 9.17) is 0 Å². The number of nitrogens with zero attached hydrogens (tertiary/aromatic N) is 1. The summed E-state index contributed by atoms with van der Waals surface area (Å²) >= 11 is 0. The first-order valence-corrected chi connectivity index (χ1v) is 12.0. The molecule has 4 rings (SSSR count). The average Bonchev–Trinajstić information content (AvgIpc) is 2.75. The number of nitrogens with one attached hydrogen (secondary N) is 2. The maximum atomic E-state index is 12.5. The smallest absolute Gasteiger partial charge is 0.236 e. The summed E-state index contributed by atoms with van der Waals surface area (Å²) < 4.78 is 27.8. The summed E-state index contributed by atoms with van der Waals surface area (Å²) in [5, 5.41) is 3.60. The number of pyridine rings is 1. The molecule has 1 fully saturated rings. The van der Waals surface area contributed by atoms with Crippen molar-refractivity contribution in [2.75, 3.05) is 10.0 Å². The van der Waals surface area contributed by atoms with Gasteiger partial charge in [0.15, 0.2) is 0 Å². The van der Waals surface area contributed by atoms with Gasteiger partial charge in [0, 0.05) is 24.1 Å². The Morgan fingerprint density at radius 1 is 0.933 bits per heavy atom. The Morgan fingerprint density at radius 3 is 2.57 bits per heavy atom. The van der Waals surface area contributed by atoms with Gasteiger partial charge in [0.1, 0.15) is 0 Å². The first-order valence-electron chi connectivity index (χ1n) is 10.4. The summed E-state index contributed by atoms with van der Waals surface area (Å²) in [6.07, 6.45) is 8.29. The molecule has 156 valence electrons. The normalized spacial score (nSPS) is 19.2. The second-order valence-electron chi connectivity index (χ2n) is 7.92. The summed E-state index contributed by atoms with van der Waals surface area (Å²) in [5.74, 6) is 0.471. The van der Waals surface area contributed by atoms with Crippen LogP contribution in [0.5, 0.6) is 0 Å². The number of sulfonamides is 1. The van der Waals surface area contributed by atoms with Crippen molar-refractivity contribution in [2.24, 2.45) is 0 Å². The molecule has 2 unspecified atom stereocenters. The van der Waals surface area contributed by atoms with Crippen LogP contribution in [0, 0.1) is 0 Å². The highest BCUT2D eigenvalue weighted by Crippen LogP contribution is 2.34. The van der Waals surface area contributed by atoms with Crippen LogP contribution in [0.25, 0.3) is 0 Å². The number of hydrogen-bond acceptors (Lipinski definition) is 4. The van der Waals surface area contributed by atoms with Crippen LogP contribution in [0.4, 0.5) is 11.4 Å². The molecule has 2 atom stereocenters. The molecule has 0 bridgehead atoms. The van der Waals surface area contributed by atoms with Crippen molar-refractivity contribution < 1.29 is 8.42 Å². The highest BCUT2D eigenvalue weighted by molar-refractivity contribution is 7.91. The third kappa shape index (κ3) is 5.60. The van der Waals surface area contributed by atoms with Gasteiger partial charge in [-0.2, -0.15) is 0 Å². The predicted octanol–water partition coefficient (Wildman–Crippen LogP) is 5.16. The SMILES string of the molecule is O=S(=O)(Cc1ccccc1)Nc1cccc(NC2CCCC(c3cccnc3)C2)c1. The first-order chi connectivity index (χ1) is 14.6. The van der Waals surface area contributed by atoms with Gasteiger partial charge in [0.05, 0.1) is 11.4 Å². The number of rotatable bonds is 7. The zero-order valence-corrected chi connectivity index (χ0v) is 17.7. The highest BCUT2D eigenvalue weighted by Gasteiger charge is 2.23. The Labute approximate surface area is 178 Å². The van der Waals surface area contributed by atoms with E-state index in [1.165, 1.54) is 18.4 Å². The van der Waals surface area contributed by atoms with E-state index < -0.39 is 10.0 Å². The van der Waals surface area contributed by atoms with Crippen molar-refractivity contribution in [3.63, 3.8) is 0 Å². The number of aromatic nitrogens is 1. The monoisotopic (exact) mass is 421 g/mol. The molecule has 0 spiro atoms. The van der Waals surface area contributed by atoms with Gasteiger partial charge >= 0.3 is 0 Å². The molecule has 30 heavy (non-hydrogen) atoms. The van der Waals surface area contributed by atoms with Crippen LogP contribution in [0.15, 0.2) is 79.1 Å². The van der Waals surface area contributed by atoms with Crippen molar-refractivity contribution >= 4 is 21.4 Å². The van der Waals surface area contributed by atoms with E-state index in [0.29, 0.717) is 17.6 Å². The quantitative estimate of drug-likeness (QED) is 0.553. The van der Waals surface area contributed by atoms with E-state index in [-0.39, 0.29) is 5.75 Å². The van der Waals surface area contributed by atoms with Gasteiger partial charge in [-0.1, -0.05) is 48.9 Å². The lowest BCUT2D eigenvalue weighted by Gasteiger charge is -2.30. The summed E-state index contributed by atoms with van der Waals surface area (Å²) in [4.78, 5) is 4.26. The lowest BCUT2D eigenvalue weighted by atomic mass is 9.82. The van der Waals surface area contributed by atoms with Gasteiger partial charge in [-0.15, -0.1) is 0 Å². The van der Waals surface area contributed by atoms with Crippen LogP contribution in [0.2, 0.25) is 0 Å². The fourth-order valence-corrected chi connectivity index (χ4v) is 5.35. The van der Waals surface area contributed by atoms with E-state index in [9.17, 15) is 8.42 Å². The van der Waals surface area contributed by atoms with E-state index in [0.717, 1.165) is 24.1 Å². The molecule has 0 radical (unpaired) electrons. The van der Waals surface area contributed by atoms with Gasteiger partial charge in [-0.05, 0) is 60.6 Å². The predicted molar refractivity (Wildman–Crippen MR) is 122 cm³/mol. The topological polar surface area (TPSA) is 71.1 Å². The van der Waals surface area contributed by atoms with Crippen LogP contribution in [-0.4, -0.2) is 19.4 Å². The van der Waals surface area contributed by atoms with E-state index in [1.807, 2.05) is 67.0 Å². The molecule has 0 aliphatic heterocycles. The lowest BCUT2D eigenvalue weighted by Crippen LogP contribution is -2.26. The Morgan fingerprint density at radius 2 is 1.77 bits per heavy atom. The average molecular weight is 422 g/mol. The van der Waals surface area contributed by atoms with Crippen LogP contribution < -0.4 is 10.0 Å².